The molecule has 0 saturated heterocycles. The lowest BCUT2D eigenvalue weighted by Crippen LogP contribution is -2.21. The van der Waals surface area contributed by atoms with Crippen LogP contribution >= 0.6 is 0 Å². The molecule has 0 aliphatic carbocycles. The molecule has 1 N–H and O–H groups in total. The fourth-order valence-corrected chi connectivity index (χ4v) is 1.74. The molecule has 6 heteroatoms. The number of hydrogen-bond acceptors (Lipinski definition) is 5. The van der Waals surface area contributed by atoms with Crippen molar-refractivity contribution < 1.29 is 19.1 Å². The fourth-order valence-electron chi connectivity index (χ4n) is 1.74. The summed E-state index contributed by atoms with van der Waals surface area (Å²) in [6.07, 6.45) is 2.93. The summed E-state index contributed by atoms with van der Waals surface area (Å²) < 4.78 is 10.3. The van der Waals surface area contributed by atoms with Gasteiger partial charge in [-0.25, -0.2) is 4.79 Å². The third-order valence-electron chi connectivity index (χ3n) is 2.69. The first kappa shape index (κ1) is 15.5. The van der Waals surface area contributed by atoms with Crippen LogP contribution in [0, 0.1) is 0 Å². The van der Waals surface area contributed by atoms with Crippen LogP contribution in [0.2, 0.25) is 0 Å². The molecule has 2 aromatic rings. The molecule has 0 atom stereocenters. The highest BCUT2D eigenvalue weighted by Gasteiger charge is 2.11. The first-order valence-corrected chi connectivity index (χ1v) is 6.79. The zero-order valence-electron chi connectivity index (χ0n) is 12.1. The lowest BCUT2D eigenvalue weighted by molar-refractivity contribution is -0.119. The van der Waals surface area contributed by atoms with Crippen molar-refractivity contribution in [3.8, 4) is 5.75 Å². The third kappa shape index (κ3) is 4.31. The van der Waals surface area contributed by atoms with Crippen molar-refractivity contribution in [2.24, 2.45) is 0 Å². The lowest BCUT2D eigenvalue weighted by Gasteiger charge is -2.11. The van der Waals surface area contributed by atoms with Crippen LogP contribution in [0.4, 0.5) is 5.69 Å². The zero-order valence-corrected chi connectivity index (χ0v) is 12.1. The summed E-state index contributed by atoms with van der Waals surface area (Å²) in [5, 5.41) is 2.65. The number of nitrogens with one attached hydrogen (secondary N) is 1. The fraction of sp³-hybridized carbons (Fsp3) is 0.188. The Balaban J connectivity index is 1.90. The molecule has 6 nitrogen and oxygen atoms in total. The summed E-state index contributed by atoms with van der Waals surface area (Å²) in [6, 6.07) is 10.2. The van der Waals surface area contributed by atoms with Gasteiger partial charge in [-0.15, -0.1) is 0 Å². The predicted molar refractivity (Wildman–Crippen MR) is 80.8 cm³/mol. The highest BCUT2D eigenvalue weighted by molar-refractivity contribution is 5.96. The molecule has 0 bridgehead atoms. The number of amides is 1. The molecule has 0 saturated carbocycles. The van der Waals surface area contributed by atoms with Gasteiger partial charge in [0, 0.05) is 12.4 Å². The summed E-state index contributed by atoms with van der Waals surface area (Å²) in [5.41, 5.74) is 0.830. The van der Waals surface area contributed by atoms with E-state index in [1.807, 2.05) is 13.0 Å². The molecule has 114 valence electrons. The molecule has 1 heterocycles. The van der Waals surface area contributed by atoms with E-state index in [0.717, 1.165) is 0 Å². The van der Waals surface area contributed by atoms with Gasteiger partial charge in [0.1, 0.15) is 5.75 Å². The Morgan fingerprint density at radius 3 is 2.73 bits per heavy atom. The molecule has 22 heavy (non-hydrogen) atoms. The maximum absolute atomic E-state index is 11.8. The van der Waals surface area contributed by atoms with Crippen molar-refractivity contribution in [3.63, 3.8) is 0 Å². The number of anilines is 1. The molecular formula is C16H16N2O4. The third-order valence-corrected chi connectivity index (χ3v) is 2.69. The monoisotopic (exact) mass is 300 g/mol. The Kier molecular flexibility index (Phi) is 5.48. The van der Waals surface area contributed by atoms with Crippen LogP contribution < -0.4 is 10.1 Å². The number of benzene rings is 1. The molecule has 0 aliphatic rings. The Hall–Kier alpha value is -2.89. The van der Waals surface area contributed by atoms with E-state index < -0.39 is 11.9 Å². The standard InChI is InChI=1S/C16H16N2O4/c1-2-21-14-8-4-3-7-13(14)18-15(19)11-22-16(20)12-6-5-9-17-10-12/h3-10H,2,11H2,1H3,(H,18,19). The lowest BCUT2D eigenvalue weighted by atomic mass is 10.3. The zero-order chi connectivity index (χ0) is 15.8. The van der Waals surface area contributed by atoms with Crippen molar-refractivity contribution in [3.05, 3.63) is 54.4 Å². The molecule has 0 radical (unpaired) electrons. The number of ether oxygens (including phenoxy) is 2. The smallest absolute Gasteiger partial charge is 0.340 e. The van der Waals surface area contributed by atoms with Gasteiger partial charge in [-0.05, 0) is 31.2 Å². The molecular weight excluding hydrogens is 284 g/mol. The number of hydrogen-bond donors (Lipinski definition) is 1. The molecule has 1 amide bonds. The number of carbonyl (C=O) groups excluding carboxylic acids is 2. The quantitative estimate of drug-likeness (QED) is 0.828. The second-order valence-corrected chi connectivity index (χ2v) is 4.30. The van der Waals surface area contributed by atoms with Crippen molar-refractivity contribution in [2.75, 3.05) is 18.5 Å². The van der Waals surface area contributed by atoms with E-state index in [2.05, 4.69) is 10.3 Å². The van der Waals surface area contributed by atoms with Crippen LogP contribution in [-0.2, 0) is 9.53 Å². The van der Waals surface area contributed by atoms with Crippen molar-refractivity contribution in [2.45, 2.75) is 6.92 Å². The summed E-state index contributed by atoms with van der Waals surface area (Å²) in [7, 11) is 0. The van der Waals surface area contributed by atoms with Crippen molar-refractivity contribution in [1.82, 2.24) is 4.98 Å². The van der Waals surface area contributed by atoms with E-state index in [-0.39, 0.29) is 6.61 Å². The van der Waals surface area contributed by atoms with E-state index in [0.29, 0.717) is 23.6 Å². The summed E-state index contributed by atoms with van der Waals surface area (Å²) in [4.78, 5) is 27.4. The van der Waals surface area contributed by atoms with Crippen LogP contribution in [0.25, 0.3) is 0 Å². The van der Waals surface area contributed by atoms with E-state index >= 15 is 0 Å². The Morgan fingerprint density at radius 1 is 1.18 bits per heavy atom. The van der Waals surface area contributed by atoms with Crippen LogP contribution in [0.3, 0.4) is 0 Å². The highest BCUT2D eigenvalue weighted by Crippen LogP contribution is 2.23. The first-order valence-electron chi connectivity index (χ1n) is 6.79. The first-order chi connectivity index (χ1) is 10.7. The SMILES string of the molecule is CCOc1ccccc1NC(=O)COC(=O)c1cccnc1. The molecule has 0 fully saturated rings. The number of para-hydroxylation sites is 2. The van der Waals surface area contributed by atoms with Crippen LogP contribution in [-0.4, -0.2) is 30.1 Å². The number of pyridine rings is 1. The molecule has 2 rings (SSSR count). The second-order valence-electron chi connectivity index (χ2n) is 4.30. The largest absolute Gasteiger partial charge is 0.492 e. The van der Waals surface area contributed by atoms with Gasteiger partial charge in [-0.2, -0.15) is 0 Å². The van der Waals surface area contributed by atoms with Gasteiger partial charge in [-0.1, -0.05) is 12.1 Å². The van der Waals surface area contributed by atoms with Gasteiger partial charge >= 0.3 is 5.97 Å². The van der Waals surface area contributed by atoms with Crippen LogP contribution in [0.5, 0.6) is 5.75 Å². The second kappa shape index (κ2) is 7.78. The van der Waals surface area contributed by atoms with Crippen LogP contribution in [0.1, 0.15) is 17.3 Å². The van der Waals surface area contributed by atoms with Crippen molar-refractivity contribution in [1.29, 1.82) is 0 Å². The Morgan fingerprint density at radius 2 is 2.00 bits per heavy atom. The summed E-state index contributed by atoms with van der Waals surface area (Å²) >= 11 is 0. The minimum absolute atomic E-state index is 0.296. The van der Waals surface area contributed by atoms with Gasteiger partial charge in [0.05, 0.1) is 17.9 Å². The van der Waals surface area contributed by atoms with E-state index in [1.165, 1.54) is 6.20 Å². The summed E-state index contributed by atoms with van der Waals surface area (Å²) in [5.74, 6) is -0.470. The molecule has 1 aromatic carbocycles. The molecule has 1 aromatic heterocycles. The number of nitrogens with zero attached hydrogens (tertiary/aromatic N) is 1. The average molecular weight is 300 g/mol. The highest BCUT2D eigenvalue weighted by atomic mass is 16.5. The topological polar surface area (TPSA) is 77.5 Å². The van der Waals surface area contributed by atoms with E-state index in [1.54, 1.807) is 36.5 Å². The number of esters is 1. The minimum atomic E-state index is -0.596. The number of rotatable bonds is 6. The molecule has 0 unspecified atom stereocenters. The van der Waals surface area contributed by atoms with Gasteiger partial charge in [-0.3, -0.25) is 9.78 Å². The van der Waals surface area contributed by atoms with Crippen LogP contribution in [0.15, 0.2) is 48.8 Å². The Bertz CT molecular complexity index is 644. The minimum Gasteiger partial charge on any atom is -0.492 e. The van der Waals surface area contributed by atoms with E-state index in [4.69, 9.17) is 9.47 Å². The number of aromatic nitrogens is 1. The van der Waals surface area contributed by atoms with E-state index in [9.17, 15) is 9.59 Å². The molecule has 0 aliphatic heterocycles. The van der Waals surface area contributed by atoms with Crippen molar-refractivity contribution >= 4 is 17.6 Å². The summed E-state index contributed by atoms with van der Waals surface area (Å²) in [6.45, 7) is 1.96. The average Bonchev–Trinajstić information content (AvgIpc) is 2.55. The van der Waals surface area contributed by atoms with Gasteiger partial charge in [0.25, 0.3) is 5.91 Å². The van der Waals surface area contributed by atoms with Gasteiger partial charge in [0.15, 0.2) is 6.61 Å². The maximum Gasteiger partial charge on any atom is 0.340 e. The molecule has 0 spiro atoms. The normalized spacial score (nSPS) is 9.86. The maximum atomic E-state index is 11.8. The predicted octanol–water partition coefficient (Wildman–Crippen LogP) is 2.28. The van der Waals surface area contributed by atoms with Gasteiger partial charge in [0.2, 0.25) is 0 Å². The van der Waals surface area contributed by atoms with Gasteiger partial charge < -0.3 is 14.8 Å². The number of carbonyl (C=O) groups is 2. The Labute approximate surface area is 128 Å².